The van der Waals surface area contributed by atoms with Gasteiger partial charge in [-0.25, -0.2) is 4.79 Å². The Morgan fingerprint density at radius 3 is 2.54 bits per heavy atom. The summed E-state index contributed by atoms with van der Waals surface area (Å²) in [6.07, 6.45) is 3.40. The second-order valence-corrected chi connectivity index (χ2v) is 7.27. The Morgan fingerprint density at radius 2 is 1.82 bits per heavy atom. The zero-order valence-electron chi connectivity index (χ0n) is 15.4. The summed E-state index contributed by atoms with van der Waals surface area (Å²) in [6.45, 7) is 2.03. The molecule has 4 nitrogen and oxygen atoms in total. The van der Waals surface area contributed by atoms with Gasteiger partial charge in [0.05, 0.1) is 12.7 Å². The van der Waals surface area contributed by atoms with Crippen LogP contribution in [0.2, 0.25) is 0 Å². The van der Waals surface area contributed by atoms with Crippen molar-refractivity contribution in [3.8, 4) is 17.1 Å². The van der Waals surface area contributed by atoms with E-state index in [1.54, 1.807) is 19.3 Å². The molecule has 4 rings (SSSR count). The average Bonchev–Trinajstić information content (AvgIpc) is 3.29. The van der Waals surface area contributed by atoms with Crippen LogP contribution in [0, 0.1) is 6.92 Å². The quantitative estimate of drug-likeness (QED) is 0.371. The zero-order valence-corrected chi connectivity index (χ0v) is 16.9. The first kappa shape index (κ1) is 18.3. The maximum atomic E-state index is 12.2. The average molecular weight is 437 g/mol. The van der Waals surface area contributed by atoms with E-state index in [9.17, 15) is 4.79 Å². The van der Waals surface area contributed by atoms with Crippen LogP contribution in [0.4, 0.5) is 0 Å². The van der Waals surface area contributed by atoms with Crippen molar-refractivity contribution in [1.29, 1.82) is 0 Å². The Labute approximate surface area is 171 Å². The Bertz CT molecular complexity index is 1100. The van der Waals surface area contributed by atoms with Crippen molar-refractivity contribution in [2.45, 2.75) is 6.92 Å². The van der Waals surface area contributed by atoms with E-state index in [2.05, 4.69) is 15.9 Å². The maximum Gasteiger partial charge on any atom is 0.343 e. The maximum absolute atomic E-state index is 12.2. The van der Waals surface area contributed by atoms with E-state index in [1.165, 1.54) is 0 Å². The van der Waals surface area contributed by atoms with Crippen molar-refractivity contribution in [2.75, 3.05) is 7.11 Å². The van der Waals surface area contributed by atoms with Gasteiger partial charge in [0.15, 0.2) is 0 Å². The normalized spacial score (nSPS) is 14.9. The van der Waals surface area contributed by atoms with Gasteiger partial charge in [-0.05, 0) is 73.2 Å². The van der Waals surface area contributed by atoms with Gasteiger partial charge in [-0.1, -0.05) is 22.0 Å². The summed E-state index contributed by atoms with van der Waals surface area (Å²) in [7, 11) is 1.61. The van der Waals surface area contributed by atoms with Crippen molar-refractivity contribution in [1.82, 2.24) is 0 Å². The summed E-state index contributed by atoms with van der Waals surface area (Å²) in [4.78, 5) is 12.2. The molecule has 0 atom stereocenters. The molecule has 28 heavy (non-hydrogen) atoms. The number of carbonyl (C=O) groups is 1. The molecule has 0 saturated heterocycles. The molecule has 2 heterocycles. The molecule has 1 aromatic heterocycles. The molecule has 140 valence electrons. The largest absolute Gasteiger partial charge is 0.497 e. The molecule has 0 unspecified atom stereocenters. The Balaban J connectivity index is 1.61. The van der Waals surface area contributed by atoms with Crippen molar-refractivity contribution in [3.63, 3.8) is 0 Å². The monoisotopic (exact) mass is 436 g/mol. The number of rotatable bonds is 4. The fraction of sp³-hybridized carbons (Fsp3) is 0.0870. The summed E-state index contributed by atoms with van der Waals surface area (Å²) in [5.41, 5.74) is 3.36. The number of halogens is 1. The molecule has 2 aromatic carbocycles. The van der Waals surface area contributed by atoms with E-state index in [0.717, 1.165) is 32.7 Å². The highest BCUT2D eigenvalue weighted by Gasteiger charge is 2.22. The molecule has 1 aliphatic rings. The van der Waals surface area contributed by atoms with Crippen molar-refractivity contribution < 1.29 is 18.7 Å². The molecular weight excluding hydrogens is 420 g/mol. The first-order valence-electron chi connectivity index (χ1n) is 8.70. The van der Waals surface area contributed by atoms with Crippen LogP contribution in [-0.2, 0) is 9.53 Å². The van der Waals surface area contributed by atoms with Gasteiger partial charge in [-0.3, -0.25) is 0 Å². The third-order valence-electron chi connectivity index (χ3n) is 4.41. The summed E-state index contributed by atoms with van der Waals surface area (Å²) in [5, 5.41) is 0. The van der Waals surface area contributed by atoms with Gasteiger partial charge in [-0.15, -0.1) is 0 Å². The van der Waals surface area contributed by atoms with Crippen LogP contribution < -0.4 is 4.74 Å². The van der Waals surface area contributed by atoms with Crippen molar-refractivity contribution in [2.24, 2.45) is 0 Å². The van der Waals surface area contributed by atoms with Crippen LogP contribution in [0.1, 0.15) is 16.9 Å². The number of aryl methyl sites for hydroxylation is 1. The highest BCUT2D eigenvalue weighted by atomic mass is 79.9. The van der Waals surface area contributed by atoms with Crippen LogP contribution in [-0.4, -0.2) is 13.1 Å². The lowest BCUT2D eigenvalue weighted by molar-refractivity contribution is -0.130. The highest BCUT2D eigenvalue weighted by molar-refractivity contribution is 9.10. The summed E-state index contributed by atoms with van der Waals surface area (Å²) < 4.78 is 17.4. The van der Waals surface area contributed by atoms with Gasteiger partial charge in [0, 0.05) is 15.6 Å². The van der Waals surface area contributed by atoms with Crippen LogP contribution in [0.15, 0.2) is 75.1 Å². The summed E-state index contributed by atoms with van der Waals surface area (Å²) in [5.74, 6) is 2.16. The molecule has 0 saturated carbocycles. The summed E-state index contributed by atoms with van der Waals surface area (Å²) in [6, 6.07) is 17.1. The van der Waals surface area contributed by atoms with E-state index >= 15 is 0 Å². The van der Waals surface area contributed by atoms with Crippen LogP contribution in [0.5, 0.6) is 5.75 Å². The predicted octanol–water partition coefficient (Wildman–Crippen LogP) is 6.01. The first-order chi connectivity index (χ1) is 13.5. The standard InChI is InChI=1S/C23H17BrO4/c1-14-3-9-19(20(24)11-14)21-10-8-18(27-21)12-16-13-22(28-23(16)25)15-4-6-17(26-2)7-5-15/h3-13H,1-2H3/b16-12-. The van der Waals surface area contributed by atoms with E-state index in [1.807, 2.05) is 61.5 Å². The van der Waals surface area contributed by atoms with E-state index < -0.39 is 5.97 Å². The molecule has 0 amide bonds. The number of ether oxygens (including phenoxy) is 2. The van der Waals surface area contributed by atoms with E-state index in [-0.39, 0.29) is 0 Å². The summed E-state index contributed by atoms with van der Waals surface area (Å²) >= 11 is 3.57. The first-order valence-corrected chi connectivity index (χ1v) is 9.49. The fourth-order valence-corrected chi connectivity index (χ4v) is 3.62. The van der Waals surface area contributed by atoms with Gasteiger partial charge in [-0.2, -0.15) is 0 Å². The number of hydrogen-bond acceptors (Lipinski definition) is 4. The Hall–Kier alpha value is -3.05. The fourth-order valence-electron chi connectivity index (χ4n) is 2.93. The van der Waals surface area contributed by atoms with Gasteiger partial charge < -0.3 is 13.9 Å². The van der Waals surface area contributed by atoms with Crippen LogP contribution >= 0.6 is 15.9 Å². The molecule has 0 radical (unpaired) electrons. The molecule has 5 heteroatoms. The van der Waals surface area contributed by atoms with Crippen LogP contribution in [0.25, 0.3) is 23.2 Å². The third kappa shape index (κ3) is 3.66. The Morgan fingerprint density at radius 1 is 1.04 bits per heavy atom. The number of benzene rings is 2. The second kappa shape index (κ2) is 7.52. The predicted molar refractivity (Wildman–Crippen MR) is 112 cm³/mol. The van der Waals surface area contributed by atoms with Crippen molar-refractivity contribution in [3.05, 3.63) is 87.6 Å². The van der Waals surface area contributed by atoms with E-state index in [4.69, 9.17) is 13.9 Å². The topological polar surface area (TPSA) is 48.7 Å². The minimum atomic E-state index is -0.403. The molecule has 0 spiro atoms. The SMILES string of the molecule is COc1ccc(C2=C/C(=C/c3ccc(-c4ccc(C)cc4Br)o3)C(=O)O2)cc1. The minimum Gasteiger partial charge on any atom is -0.497 e. The lowest BCUT2D eigenvalue weighted by atomic mass is 10.1. The number of methoxy groups -OCH3 is 1. The zero-order chi connectivity index (χ0) is 19.7. The molecule has 3 aromatic rings. The lowest BCUT2D eigenvalue weighted by Crippen LogP contribution is -1.97. The lowest BCUT2D eigenvalue weighted by Gasteiger charge is -2.03. The highest BCUT2D eigenvalue weighted by Crippen LogP contribution is 2.32. The third-order valence-corrected chi connectivity index (χ3v) is 5.07. The van der Waals surface area contributed by atoms with Crippen molar-refractivity contribution >= 4 is 33.7 Å². The second-order valence-electron chi connectivity index (χ2n) is 6.41. The van der Waals surface area contributed by atoms with Gasteiger partial charge in [0.25, 0.3) is 0 Å². The molecule has 0 aliphatic carbocycles. The number of cyclic esters (lactones) is 1. The minimum absolute atomic E-state index is 0.403. The van der Waals surface area contributed by atoms with Gasteiger partial charge in [0.1, 0.15) is 23.0 Å². The number of esters is 1. The van der Waals surface area contributed by atoms with Crippen LogP contribution in [0.3, 0.4) is 0 Å². The number of hydrogen-bond donors (Lipinski definition) is 0. The van der Waals surface area contributed by atoms with Gasteiger partial charge in [0.2, 0.25) is 0 Å². The molecule has 0 fully saturated rings. The number of carbonyl (C=O) groups excluding carboxylic acids is 1. The van der Waals surface area contributed by atoms with E-state index in [0.29, 0.717) is 17.1 Å². The van der Waals surface area contributed by atoms with Gasteiger partial charge >= 0.3 is 5.97 Å². The molecule has 0 bridgehead atoms. The molecule has 0 N–H and O–H groups in total. The Kier molecular flexibility index (Phi) is 4.92. The molecular formula is C23H17BrO4. The molecule has 1 aliphatic heterocycles. The number of furan rings is 1. The smallest absolute Gasteiger partial charge is 0.343 e.